The Balaban J connectivity index is 3.14. The van der Waals surface area contributed by atoms with Gasteiger partial charge in [0.2, 0.25) is 10.0 Å². The molecule has 0 spiro atoms. The molecule has 7 heteroatoms. The lowest BCUT2D eigenvalue weighted by Crippen LogP contribution is -2.38. The summed E-state index contributed by atoms with van der Waals surface area (Å²) < 4.78 is 39.8. The molecule has 4 nitrogen and oxygen atoms in total. The van der Waals surface area contributed by atoms with E-state index in [0.29, 0.717) is 5.56 Å². The SMILES string of the molecule is CCC(C(N)=S)S(=O)(=O)Nc1c(C)cccc1F. The number of para-hydroxylation sites is 1. The smallest absolute Gasteiger partial charge is 0.242 e. The van der Waals surface area contributed by atoms with Crippen molar-refractivity contribution in [3.05, 3.63) is 29.6 Å². The van der Waals surface area contributed by atoms with Crippen LogP contribution in [0.5, 0.6) is 0 Å². The molecule has 0 radical (unpaired) electrons. The van der Waals surface area contributed by atoms with Gasteiger partial charge in [0.1, 0.15) is 11.1 Å². The highest BCUT2D eigenvalue weighted by atomic mass is 32.2. The third-order valence-electron chi connectivity index (χ3n) is 2.53. The largest absolute Gasteiger partial charge is 0.392 e. The van der Waals surface area contributed by atoms with Crippen LogP contribution in [0, 0.1) is 12.7 Å². The number of nitrogens with two attached hydrogens (primary N) is 1. The number of anilines is 1. The van der Waals surface area contributed by atoms with Gasteiger partial charge in [-0.15, -0.1) is 0 Å². The quantitative estimate of drug-likeness (QED) is 0.813. The van der Waals surface area contributed by atoms with Gasteiger partial charge in [0, 0.05) is 0 Å². The van der Waals surface area contributed by atoms with Crippen LogP contribution in [0.3, 0.4) is 0 Å². The predicted octanol–water partition coefficient (Wildman–Crippen LogP) is 1.94. The molecule has 0 aromatic heterocycles. The van der Waals surface area contributed by atoms with E-state index < -0.39 is 21.1 Å². The maximum absolute atomic E-state index is 13.6. The molecule has 0 aliphatic carbocycles. The van der Waals surface area contributed by atoms with E-state index in [0.717, 1.165) is 0 Å². The molecule has 0 aliphatic heterocycles. The minimum atomic E-state index is -3.83. The van der Waals surface area contributed by atoms with E-state index in [-0.39, 0.29) is 17.1 Å². The van der Waals surface area contributed by atoms with E-state index in [1.165, 1.54) is 12.1 Å². The van der Waals surface area contributed by atoms with Crippen LogP contribution in [-0.4, -0.2) is 18.7 Å². The van der Waals surface area contributed by atoms with Crippen LogP contribution in [0.2, 0.25) is 0 Å². The number of benzene rings is 1. The maximum atomic E-state index is 13.6. The number of sulfonamides is 1. The number of rotatable bonds is 5. The van der Waals surface area contributed by atoms with Crippen molar-refractivity contribution in [1.82, 2.24) is 0 Å². The third kappa shape index (κ3) is 3.17. The molecule has 0 saturated carbocycles. The molecule has 18 heavy (non-hydrogen) atoms. The molecule has 1 unspecified atom stereocenters. The highest BCUT2D eigenvalue weighted by Gasteiger charge is 2.27. The molecule has 0 aliphatic rings. The third-order valence-corrected chi connectivity index (χ3v) is 4.79. The van der Waals surface area contributed by atoms with Gasteiger partial charge in [0.05, 0.1) is 10.7 Å². The first-order valence-corrected chi connectivity index (χ1v) is 7.31. The molecular weight excluding hydrogens is 275 g/mol. The van der Waals surface area contributed by atoms with Crippen molar-refractivity contribution < 1.29 is 12.8 Å². The Bertz CT molecular complexity index is 538. The first-order chi connectivity index (χ1) is 8.29. The average Bonchev–Trinajstić information content (AvgIpc) is 2.23. The highest BCUT2D eigenvalue weighted by molar-refractivity contribution is 7.95. The fourth-order valence-corrected chi connectivity index (χ4v) is 3.52. The van der Waals surface area contributed by atoms with Crippen molar-refractivity contribution >= 4 is 32.9 Å². The molecular formula is C11H15FN2O2S2. The van der Waals surface area contributed by atoms with Gasteiger partial charge in [-0.25, -0.2) is 12.8 Å². The minimum absolute atomic E-state index is 0.0628. The van der Waals surface area contributed by atoms with Gasteiger partial charge in [-0.1, -0.05) is 31.3 Å². The normalized spacial score (nSPS) is 13.1. The maximum Gasteiger partial charge on any atom is 0.242 e. The lowest BCUT2D eigenvalue weighted by molar-refractivity contribution is 0.592. The lowest BCUT2D eigenvalue weighted by atomic mass is 10.2. The molecule has 0 bridgehead atoms. The van der Waals surface area contributed by atoms with Gasteiger partial charge in [-0.3, -0.25) is 4.72 Å². The Labute approximate surface area is 111 Å². The molecule has 0 amide bonds. The molecule has 0 fully saturated rings. The van der Waals surface area contributed by atoms with Crippen molar-refractivity contribution in [2.45, 2.75) is 25.5 Å². The Morgan fingerprint density at radius 1 is 1.56 bits per heavy atom. The second kappa shape index (κ2) is 5.62. The van der Waals surface area contributed by atoms with Crippen LogP contribution in [-0.2, 0) is 10.0 Å². The molecule has 0 saturated heterocycles. The predicted molar refractivity (Wildman–Crippen MR) is 74.5 cm³/mol. The Morgan fingerprint density at radius 3 is 2.61 bits per heavy atom. The fourth-order valence-electron chi connectivity index (χ4n) is 1.55. The fraction of sp³-hybridized carbons (Fsp3) is 0.364. The summed E-state index contributed by atoms with van der Waals surface area (Å²) in [4.78, 5) is -0.126. The summed E-state index contributed by atoms with van der Waals surface area (Å²) in [6.45, 7) is 3.26. The van der Waals surface area contributed by atoms with Crippen molar-refractivity contribution in [1.29, 1.82) is 0 Å². The second-order valence-electron chi connectivity index (χ2n) is 3.88. The Hall–Kier alpha value is -1.21. The molecule has 1 rings (SSSR count). The molecule has 1 aromatic carbocycles. The molecule has 0 heterocycles. The second-order valence-corrected chi connectivity index (χ2v) is 6.21. The first-order valence-electron chi connectivity index (χ1n) is 5.35. The van der Waals surface area contributed by atoms with Crippen molar-refractivity contribution in [3.63, 3.8) is 0 Å². The van der Waals surface area contributed by atoms with E-state index in [9.17, 15) is 12.8 Å². The molecule has 1 aromatic rings. The van der Waals surface area contributed by atoms with Gasteiger partial charge in [-0.05, 0) is 25.0 Å². The van der Waals surface area contributed by atoms with E-state index in [1.807, 2.05) is 0 Å². The summed E-state index contributed by atoms with van der Waals surface area (Å²) in [5, 5.41) is -1.01. The van der Waals surface area contributed by atoms with Crippen molar-refractivity contribution in [2.24, 2.45) is 5.73 Å². The molecule has 3 N–H and O–H groups in total. The van der Waals surface area contributed by atoms with E-state index >= 15 is 0 Å². The zero-order valence-corrected chi connectivity index (χ0v) is 11.7. The van der Waals surface area contributed by atoms with Crippen LogP contribution in [0.15, 0.2) is 18.2 Å². The van der Waals surface area contributed by atoms with Crippen molar-refractivity contribution in [2.75, 3.05) is 4.72 Å². The summed E-state index contributed by atoms with van der Waals surface area (Å²) in [5.74, 6) is -0.628. The van der Waals surface area contributed by atoms with Crippen LogP contribution < -0.4 is 10.5 Å². The minimum Gasteiger partial charge on any atom is -0.392 e. The highest BCUT2D eigenvalue weighted by Crippen LogP contribution is 2.22. The van der Waals surface area contributed by atoms with Gasteiger partial charge >= 0.3 is 0 Å². The number of hydrogen-bond acceptors (Lipinski definition) is 3. The molecule has 100 valence electrons. The van der Waals surface area contributed by atoms with Gasteiger partial charge < -0.3 is 5.73 Å². The number of thiocarbonyl (C=S) groups is 1. The van der Waals surface area contributed by atoms with Crippen LogP contribution in [0.25, 0.3) is 0 Å². The number of halogens is 1. The number of aryl methyl sites for hydroxylation is 1. The monoisotopic (exact) mass is 290 g/mol. The van der Waals surface area contributed by atoms with Gasteiger partial charge in [-0.2, -0.15) is 0 Å². The Kier molecular flexibility index (Phi) is 4.64. The summed E-state index contributed by atoms with van der Waals surface area (Å²) in [7, 11) is -3.83. The van der Waals surface area contributed by atoms with E-state index in [2.05, 4.69) is 4.72 Å². The van der Waals surface area contributed by atoms with Crippen LogP contribution in [0.1, 0.15) is 18.9 Å². The van der Waals surface area contributed by atoms with E-state index in [1.54, 1.807) is 19.9 Å². The number of nitrogens with one attached hydrogen (secondary N) is 1. The van der Waals surface area contributed by atoms with Gasteiger partial charge in [0.25, 0.3) is 0 Å². The summed E-state index contributed by atoms with van der Waals surface area (Å²) >= 11 is 4.71. The van der Waals surface area contributed by atoms with Crippen LogP contribution >= 0.6 is 12.2 Å². The Morgan fingerprint density at radius 2 is 2.17 bits per heavy atom. The van der Waals surface area contributed by atoms with Crippen molar-refractivity contribution in [3.8, 4) is 0 Å². The standard InChI is InChI=1S/C11H15FN2O2S2/c1-3-9(11(13)17)18(15,16)14-10-7(2)5-4-6-8(10)12/h4-6,9,14H,3H2,1-2H3,(H2,13,17). The average molecular weight is 290 g/mol. The summed E-state index contributed by atoms with van der Waals surface area (Å²) in [6, 6.07) is 4.31. The topological polar surface area (TPSA) is 72.2 Å². The summed E-state index contributed by atoms with van der Waals surface area (Å²) in [5.41, 5.74) is 5.82. The van der Waals surface area contributed by atoms with Crippen LogP contribution in [0.4, 0.5) is 10.1 Å². The number of hydrogen-bond donors (Lipinski definition) is 2. The summed E-state index contributed by atoms with van der Waals surface area (Å²) in [6.07, 6.45) is 0.234. The zero-order chi connectivity index (χ0) is 13.9. The zero-order valence-electron chi connectivity index (χ0n) is 10.1. The first kappa shape index (κ1) is 14.8. The lowest BCUT2D eigenvalue weighted by Gasteiger charge is -2.17. The van der Waals surface area contributed by atoms with Gasteiger partial charge in [0.15, 0.2) is 0 Å². The van der Waals surface area contributed by atoms with E-state index in [4.69, 9.17) is 18.0 Å². The molecule has 1 atom stereocenters.